The first kappa shape index (κ1) is 33.9. The molecule has 14 heteroatoms. The Balaban J connectivity index is 1.32. The topological polar surface area (TPSA) is 110 Å². The van der Waals surface area contributed by atoms with Crippen LogP contribution in [0, 0.1) is 11.8 Å². The average Bonchev–Trinajstić information content (AvgIpc) is 3.32. The Labute approximate surface area is 268 Å². The fourth-order valence-corrected chi connectivity index (χ4v) is 8.20. The number of fused-ring (bicyclic) bond motifs is 1. The van der Waals surface area contributed by atoms with Crippen molar-refractivity contribution in [3.63, 3.8) is 0 Å². The first-order valence-corrected chi connectivity index (χ1v) is 18.8. The van der Waals surface area contributed by atoms with Gasteiger partial charge in [-0.05, 0) is 68.9 Å². The van der Waals surface area contributed by atoms with E-state index in [0.29, 0.717) is 35.4 Å². The van der Waals surface area contributed by atoms with Crippen LogP contribution >= 0.6 is 0 Å². The lowest BCUT2D eigenvalue weighted by Gasteiger charge is -2.47. The van der Waals surface area contributed by atoms with Gasteiger partial charge in [0.1, 0.15) is 12.3 Å². The van der Waals surface area contributed by atoms with Gasteiger partial charge in [0, 0.05) is 48.1 Å². The third kappa shape index (κ3) is 7.93. The molecule has 0 radical (unpaired) electrons. The molecule has 1 aliphatic carbocycles. The lowest BCUT2D eigenvalue weighted by molar-refractivity contribution is -0.140. The quantitative estimate of drug-likeness (QED) is 0.323. The maximum atomic E-state index is 13.7. The second-order valence-corrected chi connectivity index (χ2v) is 16.6. The zero-order valence-electron chi connectivity index (χ0n) is 26.1. The van der Waals surface area contributed by atoms with E-state index in [9.17, 15) is 30.0 Å². The van der Waals surface area contributed by atoms with Crippen LogP contribution in [0.1, 0.15) is 38.3 Å². The largest absolute Gasteiger partial charge is 0.495 e. The fourth-order valence-electron chi connectivity index (χ4n) is 6.36. The highest BCUT2D eigenvalue weighted by atomic mass is 32.2. The number of benzene rings is 2. The Morgan fingerprint density at radius 1 is 1.07 bits per heavy atom. The molecule has 0 unspecified atom stereocenters. The van der Waals surface area contributed by atoms with E-state index in [0.717, 1.165) is 37.6 Å². The molecule has 2 aliphatic rings. The van der Waals surface area contributed by atoms with Crippen molar-refractivity contribution in [3.8, 4) is 17.6 Å². The Morgan fingerprint density at radius 3 is 2.39 bits per heavy atom. The molecule has 2 aromatic carbocycles. The van der Waals surface area contributed by atoms with Crippen molar-refractivity contribution in [1.82, 2.24) is 9.47 Å². The molecule has 0 bridgehead atoms. The van der Waals surface area contributed by atoms with Crippen LogP contribution in [0.25, 0.3) is 10.9 Å². The summed E-state index contributed by atoms with van der Waals surface area (Å²) in [5.41, 5.74) is 1.81. The lowest BCUT2D eigenvalue weighted by Crippen LogP contribution is -2.55. The molecular weight excluding hydrogens is 642 g/mol. The number of alkyl halides is 3. The lowest BCUT2D eigenvalue weighted by atomic mass is 9.79. The van der Waals surface area contributed by atoms with E-state index in [2.05, 4.69) is 34.3 Å². The van der Waals surface area contributed by atoms with Gasteiger partial charge in [-0.25, -0.2) is 16.8 Å². The molecule has 9 nitrogen and oxygen atoms in total. The predicted octanol–water partition coefficient (Wildman–Crippen LogP) is 4.92. The summed E-state index contributed by atoms with van der Waals surface area (Å²) in [6, 6.07) is 11.5. The molecule has 1 saturated carbocycles. The van der Waals surface area contributed by atoms with Crippen molar-refractivity contribution < 1.29 is 34.7 Å². The Hall–Kier alpha value is -3.41. The second-order valence-electron chi connectivity index (χ2n) is 12.3. The molecule has 5 rings (SSSR count). The summed E-state index contributed by atoms with van der Waals surface area (Å²) in [6.45, 7) is 2.18. The van der Waals surface area contributed by atoms with Gasteiger partial charge in [0.25, 0.3) is 0 Å². The van der Waals surface area contributed by atoms with Crippen molar-refractivity contribution in [2.45, 2.75) is 61.8 Å². The number of ether oxygens (including phenoxy) is 1. The van der Waals surface area contributed by atoms with Crippen LogP contribution in [0.5, 0.6) is 5.75 Å². The maximum absolute atomic E-state index is 13.7. The molecule has 2 heterocycles. The van der Waals surface area contributed by atoms with Crippen LogP contribution in [0.2, 0.25) is 0 Å². The van der Waals surface area contributed by atoms with Crippen LogP contribution < -0.4 is 15.4 Å². The van der Waals surface area contributed by atoms with Gasteiger partial charge in [0.05, 0.1) is 47.0 Å². The van der Waals surface area contributed by atoms with Gasteiger partial charge < -0.3 is 19.9 Å². The van der Waals surface area contributed by atoms with Gasteiger partial charge >= 0.3 is 6.18 Å². The third-order valence-electron chi connectivity index (χ3n) is 9.00. The minimum Gasteiger partial charge on any atom is -0.495 e. The van der Waals surface area contributed by atoms with Gasteiger partial charge in [0.2, 0.25) is 0 Å². The Kier molecular flexibility index (Phi) is 9.59. The summed E-state index contributed by atoms with van der Waals surface area (Å²) < 4.78 is 95.1. The number of nitrogens with one attached hydrogen (secondary N) is 2. The monoisotopic (exact) mass is 680 g/mol. The molecule has 1 aromatic heterocycles. The number of methoxy groups -OCH3 is 1. The molecule has 2 fully saturated rings. The molecule has 1 saturated heterocycles. The van der Waals surface area contributed by atoms with E-state index in [1.165, 1.54) is 23.8 Å². The van der Waals surface area contributed by atoms with E-state index in [1.54, 1.807) is 24.3 Å². The fraction of sp³-hybridized carbons (Fsp3) is 0.500. The predicted molar refractivity (Wildman–Crippen MR) is 174 cm³/mol. The van der Waals surface area contributed by atoms with Gasteiger partial charge in [-0.3, -0.25) is 4.90 Å². The molecule has 3 aromatic rings. The van der Waals surface area contributed by atoms with Crippen molar-refractivity contribution in [1.29, 1.82) is 0 Å². The van der Waals surface area contributed by atoms with Crippen molar-refractivity contribution in [2.24, 2.45) is 0 Å². The van der Waals surface area contributed by atoms with Gasteiger partial charge in [-0.1, -0.05) is 12.0 Å². The van der Waals surface area contributed by atoms with Crippen LogP contribution in [0.3, 0.4) is 0 Å². The maximum Gasteiger partial charge on any atom is 0.406 e. The molecule has 2 N–H and O–H groups in total. The minimum atomic E-state index is -4.46. The first-order valence-electron chi connectivity index (χ1n) is 15.1. The van der Waals surface area contributed by atoms with Gasteiger partial charge in [-0.15, -0.1) is 0 Å². The normalized spacial score (nSPS) is 22.2. The first-order chi connectivity index (χ1) is 21.6. The van der Waals surface area contributed by atoms with Gasteiger partial charge in [0.15, 0.2) is 19.7 Å². The average molecular weight is 681 g/mol. The van der Waals surface area contributed by atoms with Crippen molar-refractivity contribution >= 4 is 42.0 Å². The highest BCUT2D eigenvalue weighted by Crippen LogP contribution is 2.37. The van der Waals surface area contributed by atoms with Gasteiger partial charge in [-0.2, -0.15) is 13.2 Å². The zero-order chi connectivity index (χ0) is 33.3. The summed E-state index contributed by atoms with van der Waals surface area (Å²) >= 11 is 0. The zero-order valence-corrected chi connectivity index (χ0v) is 27.7. The van der Waals surface area contributed by atoms with E-state index in [4.69, 9.17) is 4.74 Å². The number of sulfone groups is 2. The minimum absolute atomic E-state index is 0.0767. The summed E-state index contributed by atoms with van der Waals surface area (Å²) in [5, 5.41) is 7.26. The number of rotatable bonds is 8. The molecule has 1 aliphatic heterocycles. The summed E-state index contributed by atoms with van der Waals surface area (Å²) in [4.78, 5) is 2.40. The molecule has 0 spiro atoms. The van der Waals surface area contributed by atoms with Crippen LogP contribution in [0.4, 0.5) is 24.5 Å². The third-order valence-corrected chi connectivity index (χ3v) is 11.7. The SMILES string of the molecule is COc1cc(S(C)(=O)=O)ccc1NCC#Cc1cc2c(NC3CCC(C)(N4CCS(=O)(=O)CC4)CC3)cccc2n1CC(F)(F)F. The Bertz CT molecular complexity index is 1860. The van der Waals surface area contributed by atoms with Crippen molar-refractivity contribution in [3.05, 3.63) is 48.2 Å². The molecular formula is C32H39F3N4O5S2. The number of aromatic nitrogens is 1. The van der Waals surface area contributed by atoms with E-state index in [1.807, 2.05) is 6.07 Å². The standard InChI is InChI=1S/C32H39F3N4O5S2/c1-31(38-16-18-46(42,43)19-17-38)13-11-23(12-14-31)37-27-7-4-8-29-26(27)20-24(39(29)22-32(33,34)35)6-5-15-36-28-10-9-25(45(3,40)41)21-30(28)44-2/h4,7-10,20-21,23,36-37H,11-19,22H2,1-3H3. The van der Waals surface area contributed by atoms with Crippen LogP contribution in [0.15, 0.2) is 47.4 Å². The number of halogens is 3. The van der Waals surface area contributed by atoms with Crippen molar-refractivity contribution in [2.75, 3.05) is 55.1 Å². The number of anilines is 2. The van der Waals surface area contributed by atoms with E-state index in [-0.39, 0.29) is 40.2 Å². The number of hydrogen-bond acceptors (Lipinski definition) is 8. The van der Waals surface area contributed by atoms with E-state index < -0.39 is 32.4 Å². The number of hydrogen-bond donors (Lipinski definition) is 2. The summed E-state index contributed by atoms with van der Waals surface area (Å²) in [6.07, 6.45) is 0.127. The van der Waals surface area contributed by atoms with Crippen LogP contribution in [-0.2, 0) is 26.2 Å². The van der Waals surface area contributed by atoms with Crippen LogP contribution in [-0.4, -0.2) is 88.6 Å². The molecule has 250 valence electrons. The summed E-state index contributed by atoms with van der Waals surface area (Å²) in [7, 11) is -4.98. The highest BCUT2D eigenvalue weighted by Gasteiger charge is 2.39. The molecule has 46 heavy (non-hydrogen) atoms. The highest BCUT2D eigenvalue weighted by molar-refractivity contribution is 7.91. The molecule has 0 atom stereocenters. The number of nitrogens with zero attached hydrogens (tertiary/aromatic N) is 2. The summed E-state index contributed by atoms with van der Waals surface area (Å²) in [5.74, 6) is 6.47. The molecule has 0 amide bonds. The van der Waals surface area contributed by atoms with E-state index >= 15 is 0 Å². The Morgan fingerprint density at radius 2 is 1.76 bits per heavy atom. The smallest absolute Gasteiger partial charge is 0.406 e. The second kappa shape index (κ2) is 13.0.